The summed E-state index contributed by atoms with van der Waals surface area (Å²) in [5.41, 5.74) is 0.706. The highest BCUT2D eigenvalue weighted by Gasteiger charge is 2.22. The van der Waals surface area contributed by atoms with Gasteiger partial charge in [0.05, 0.1) is 12.5 Å². The Balaban J connectivity index is 2.50. The largest absolute Gasteiger partial charge is 0.497 e. The zero-order valence-electron chi connectivity index (χ0n) is 10.9. The molecule has 0 amide bonds. The first-order chi connectivity index (χ1) is 9.43. The van der Waals surface area contributed by atoms with Crippen LogP contribution in [0.15, 0.2) is 30.3 Å². The van der Waals surface area contributed by atoms with Crippen molar-refractivity contribution < 1.29 is 17.9 Å². The minimum Gasteiger partial charge on any atom is -0.497 e. The van der Waals surface area contributed by atoms with Gasteiger partial charge in [-0.15, -0.1) is 11.6 Å². The Kier molecular flexibility index (Phi) is 4.23. The lowest BCUT2D eigenvalue weighted by Crippen LogP contribution is -2.04. The lowest BCUT2D eigenvalue weighted by molar-refractivity contribution is 0.405. The fourth-order valence-corrected chi connectivity index (χ4v) is 2.45. The third kappa shape index (κ3) is 2.75. The first-order valence-corrected chi connectivity index (χ1v) is 6.30. The summed E-state index contributed by atoms with van der Waals surface area (Å²) in [6.45, 7) is 1.63. The lowest BCUT2D eigenvalue weighted by atomic mass is 9.99. The summed E-state index contributed by atoms with van der Waals surface area (Å²) in [6, 6.07) is 6.02. The topological polar surface area (TPSA) is 9.23 Å². The maximum Gasteiger partial charge on any atom is 0.134 e. The van der Waals surface area contributed by atoms with E-state index in [1.54, 1.807) is 6.92 Å². The molecule has 0 saturated carbocycles. The van der Waals surface area contributed by atoms with Crippen molar-refractivity contribution >= 4 is 11.6 Å². The third-order valence-electron chi connectivity index (χ3n) is 3.05. The Morgan fingerprint density at radius 1 is 1.05 bits per heavy atom. The second kappa shape index (κ2) is 5.75. The smallest absolute Gasteiger partial charge is 0.134 e. The van der Waals surface area contributed by atoms with Crippen molar-refractivity contribution in [2.75, 3.05) is 7.11 Å². The van der Waals surface area contributed by atoms with Crippen LogP contribution in [0.25, 0.3) is 0 Å². The van der Waals surface area contributed by atoms with E-state index in [9.17, 15) is 13.2 Å². The van der Waals surface area contributed by atoms with Crippen LogP contribution in [0.3, 0.4) is 0 Å². The maximum absolute atomic E-state index is 14.0. The molecular formula is C15H12ClF3O. The standard InChI is InChI=1S/C15H12ClF3O/c1-8-5-9(17)3-4-11(8)15(16)14-12(18)6-10(20-2)7-13(14)19/h3-7,15H,1-2H3. The number of alkyl halides is 1. The first-order valence-electron chi connectivity index (χ1n) is 5.87. The van der Waals surface area contributed by atoms with Gasteiger partial charge >= 0.3 is 0 Å². The number of halogens is 4. The van der Waals surface area contributed by atoms with Gasteiger partial charge in [-0.2, -0.15) is 0 Å². The van der Waals surface area contributed by atoms with E-state index in [2.05, 4.69) is 0 Å². The summed E-state index contributed by atoms with van der Waals surface area (Å²) in [4.78, 5) is 0. The van der Waals surface area contributed by atoms with E-state index in [4.69, 9.17) is 16.3 Å². The van der Waals surface area contributed by atoms with Gasteiger partial charge in [0.2, 0.25) is 0 Å². The summed E-state index contributed by atoms with van der Waals surface area (Å²) in [6.07, 6.45) is 0. The molecule has 0 spiro atoms. The summed E-state index contributed by atoms with van der Waals surface area (Å²) >= 11 is 6.15. The van der Waals surface area contributed by atoms with Gasteiger partial charge in [-0.1, -0.05) is 6.07 Å². The van der Waals surface area contributed by atoms with Crippen LogP contribution >= 0.6 is 11.6 Å². The minimum absolute atomic E-state index is 0.0726. The molecule has 2 rings (SSSR count). The van der Waals surface area contributed by atoms with E-state index in [-0.39, 0.29) is 11.3 Å². The van der Waals surface area contributed by atoms with E-state index < -0.39 is 22.8 Å². The van der Waals surface area contributed by atoms with E-state index in [1.807, 2.05) is 0 Å². The third-order valence-corrected chi connectivity index (χ3v) is 3.50. The van der Waals surface area contributed by atoms with Gasteiger partial charge in [-0.3, -0.25) is 0 Å². The molecule has 1 nitrogen and oxygen atoms in total. The van der Waals surface area contributed by atoms with E-state index in [1.165, 1.54) is 25.3 Å². The molecule has 0 bridgehead atoms. The molecule has 0 aliphatic carbocycles. The zero-order chi connectivity index (χ0) is 14.9. The number of aryl methyl sites for hydroxylation is 1. The SMILES string of the molecule is COc1cc(F)c(C(Cl)c2ccc(F)cc2C)c(F)c1. The van der Waals surface area contributed by atoms with Crippen molar-refractivity contribution in [1.82, 2.24) is 0 Å². The van der Waals surface area contributed by atoms with Crippen molar-refractivity contribution in [3.63, 3.8) is 0 Å². The summed E-state index contributed by atoms with van der Waals surface area (Å²) in [7, 11) is 1.32. The van der Waals surface area contributed by atoms with Gasteiger partial charge in [-0.25, -0.2) is 13.2 Å². The number of hydrogen-bond donors (Lipinski definition) is 0. The molecule has 1 unspecified atom stereocenters. The number of hydrogen-bond acceptors (Lipinski definition) is 1. The van der Waals surface area contributed by atoms with Gasteiger partial charge in [0.1, 0.15) is 23.2 Å². The Morgan fingerprint density at radius 2 is 1.65 bits per heavy atom. The molecular weight excluding hydrogens is 289 g/mol. The monoisotopic (exact) mass is 300 g/mol. The Morgan fingerprint density at radius 3 is 2.15 bits per heavy atom. The van der Waals surface area contributed by atoms with Crippen molar-refractivity contribution in [3.05, 3.63) is 64.5 Å². The molecule has 106 valence electrons. The van der Waals surface area contributed by atoms with Gasteiger partial charge in [0.15, 0.2) is 0 Å². The Bertz CT molecular complexity index is 620. The van der Waals surface area contributed by atoms with Gasteiger partial charge < -0.3 is 4.74 Å². The van der Waals surface area contributed by atoms with Crippen LogP contribution in [0.4, 0.5) is 13.2 Å². The predicted octanol–water partition coefficient (Wildman–Crippen LogP) is 4.75. The maximum atomic E-state index is 14.0. The highest BCUT2D eigenvalue weighted by Crippen LogP contribution is 2.36. The van der Waals surface area contributed by atoms with Crippen LogP contribution in [0, 0.1) is 24.4 Å². The second-order valence-electron chi connectivity index (χ2n) is 4.37. The number of benzene rings is 2. The number of ether oxygens (including phenoxy) is 1. The van der Waals surface area contributed by atoms with E-state index >= 15 is 0 Å². The molecule has 0 aromatic heterocycles. The van der Waals surface area contributed by atoms with Crippen LogP contribution in [-0.2, 0) is 0 Å². The first kappa shape index (κ1) is 14.7. The van der Waals surface area contributed by atoms with Crippen molar-refractivity contribution in [2.24, 2.45) is 0 Å². The van der Waals surface area contributed by atoms with Gasteiger partial charge in [0, 0.05) is 17.7 Å². The molecule has 0 aliphatic heterocycles. The molecule has 2 aromatic rings. The molecule has 0 saturated heterocycles. The van der Waals surface area contributed by atoms with Crippen LogP contribution in [0.2, 0.25) is 0 Å². The zero-order valence-corrected chi connectivity index (χ0v) is 11.6. The average molecular weight is 301 g/mol. The molecule has 0 aliphatic rings. The number of methoxy groups -OCH3 is 1. The normalized spacial score (nSPS) is 12.3. The Hall–Kier alpha value is -1.68. The van der Waals surface area contributed by atoms with Crippen LogP contribution < -0.4 is 4.74 Å². The minimum atomic E-state index is -1.04. The fourth-order valence-electron chi connectivity index (χ4n) is 2.00. The Labute approximate surface area is 119 Å². The molecule has 1 atom stereocenters. The van der Waals surface area contributed by atoms with Crippen molar-refractivity contribution in [3.8, 4) is 5.75 Å². The molecule has 0 radical (unpaired) electrons. The number of rotatable bonds is 3. The highest BCUT2D eigenvalue weighted by molar-refractivity contribution is 6.22. The van der Waals surface area contributed by atoms with Gasteiger partial charge in [-0.05, 0) is 30.2 Å². The molecule has 2 aromatic carbocycles. The van der Waals surface area contributed by atoms with Crippen molar-refractivity contribution in [2.45, 2.75) is 12.3 Å². The summed E-state index contributed by atoms with van der Waals surface area (Å²) < 4.78 is 45.8. The van der Waals surface area contributed by atoms with Crippen LogP contribution in [0.1, 0.15) is 22.1 Å². The molecule has 20 heavy (non-hydrogen) atoms. The lowest BCUT2D eigenvalue weighted by Gasteiger charge is -2.15. The quantitative estimate of drug-likeness (QED) is 0.743. The van der Waals surface area contributed by atoms with Crippen molar-refractivity contribution in [1.29, 1.82) is 0 Å². The van der Waals surface area contributed by atoms with Crippen LogP contribution in [0.5, 0.6) is 5.75 Å². The second-order valence-corrected chi connectivity index (χ2v) is 4.80. The molecule has 0 fully saturated rings. The highest BCUT2D eigenvalue weighted by atomic mass is 35.5. The molecule has 0 heterocycles. The fraction of sp³-hybridized carbons (Fsp3) is 0.200. The summed E-state index contributed by atoms with van der Waals surface area (Å²) in [5, 5.41) is -1.04. The van der Waals surface area contributed by atoms with Crippen LogP contribution in [-0.4, -0.2) is 7.11 Å². The summed E-state index contributed by atoms with van der Waals surface area (Å²) in [5.74, 6) is -1.95. The molecule has 0 N–H and O–H groups in total. The average Bonchev–Trinajstić information content (AvgIpc) is 2.37. The molecule has 5 heteroatoms. The predicted molar refractivity (Wildman–Crippen MR) is 71.7 cm³/mol. The van der Waals surface area contributed by atoms with E-state index in [0.29, 0.717) is 11.1 Å². The van der Waals surface area contributed by atoms with E-state index in [0.717, 1.165) is 12.1 Å². The van der Waals surface area contributed by atoms with Gasteiger partial charge in [0.25, 0.3) is 0 Å².